The number of nitrogens with one attached hydrogen (secondary N) is 1. The molecule has 1 heterocycles. The standard InChI is InChI=1S/C27H27BrClN3O4/c1-34-25-15-21(14-24(28)26(25)36-18-20-4-8-23(29)9-5-20)16-30-31-27(33)22-6-2-19(3-7-22)17-32-10-12-35-13-11-32/h2-9,14-16H,10-13,17-18H2,1H3,(H,31,33)/b30-16-. The summed E-state index contributed by atoms with van der Waals surface area (Å²) < 4.78 is 17.6. The van der Waals surface area contributed by atoms with Crippen molar-refractivity contribution >= 4 is 39.7 Å². The van der Waals surface area contributed by atoms with Gasteiger partial charge in [0.2, 0.25) is 0 Å². The first-order valence-electron chi connectivity index (χ1n) is 11.5. The van der Waals surface area contributed by atoms with Crippen molar-refractivity contribution in [2.45, 2.75) is 13.2 Å². The van der Waals surface area contributed by atoms with E-state index in [-0.39, 0.29) is 5.91 Å². The lowest BCUT2D eigenvalue weighted by Gasteiger charge is -2.26. The molecule has 36 heavy (non-hydrogen) atoms. The summed E-state index contributed by atoms with van der Waals surface area (Å²) in [5, 5.41) is 4.78. The fourth-order valence-electron chi connectivity index (χ4n) is 3.70. The van der Waals surface area contributed by atoms with Crippen LogP contribution in [-0.4, -0.2) is 50.4 Å². The molecule has 0 aromatic heterocycles. The molecule has 188 valence electrons. The minimum atomic E-state index is -0.280. The second-order valence-electron chi connectivity index (χ2n) is 8.23. The molecule has 1 aliphatic rings. The SMILES string of the molecule is COc1cc(/C=N\NC(=O)c2ccc(CN3CCOCC3)cc2)cc(Br)c1OCc1ccc(Cl)cc1. The number of halogens is 2. The van der Waals surface area contributed by atoms with Gasteiger partial charge in [0.25, 0.3) is 5.91 Å². The number of hydrogen-bond acceptors (Lipinski definition) is 6. The van der Waals surface area contributed by atoms with Gasteiger partial charge in [-0.15, -0.1) is 0 Å². The Morgan fingerprint density at radius 2 is 1.81 bits per heavy atom. The minimum absolute atomic E-state index is 0.280. The van der Waals surface area contributed by atoms with Crippen LogP contribution in [0.4, 0.5) is 0 Å². The third-order valence-electron chi connectivity index (χ3n) is 5.65. The fraction of sp³-hybridized carbons (Fsp3) is 0.259. The lowest BCUT2D eigenvalue weighted by Crippen LogP contribution is -2.35. The Morgan fingerprint density at radius 1 is 1.11 bits per heavy atom. The Bertz CT molecular complexity index is 1200. The summed E-state index contributed by atoms with van der Waals surface area (Å²) in [5.74, 6) is 0.839. The molecular weight excluding hydrogens is 546 g/mol. The molecule has 4 rings (SSSR count). The van der Waals surface area contributed by atoms with Crippen LogP contribution in [-0.2, 0) is 17.9 Å². The lowest BCUT2D eigenvalue weighted by atomic mass is 10.1. The number of hydrazone groups is 1. The third-order valence-corrected chi connectivity index (χ3v) is 6.49. The first kappa shape index (κ1) is 26.2. The zero-order chi connectivity index (χ0) is 25.3. The van der Waals surface area contributed by atoms with Gasteiger partial charge in [-0.1, -0.05) is 35.9 Å². The zero-order valence-electron chi connectivity index (χ0n) is 19.9. The van der Waals surface area contributed by atoms with E-state index in [2.05, 4.69) is 31.4 Å². The van der Waals surface area contributed by atoms with Crippen molar-refractivity contribution in [1.29, 1.82) is 0 Å². The maximum Gasteiger partial charge on any atom is 0.271 e. The van der Waals surface area contributed by atoms with Crippen LogP contribution < -0.4 is 14.9 Å². The smallest absolute Gasteiger partial charge is 0.271 e. The van der Waals surface area contributed by atoms with Crippen LogP contribution in [0, 0.1) is 0 Å². The molecule has 0 aliphatic carbocycles. The summed E-state index contributed by atoms with van der Waals surface area (Å²) in [6.45, 7) is 4.58. The monoisotopic (exact) mass is 571 g/mol. The Balaban J connectivity index is 1.34. The van der Waals surface area contributed by atoms with E-state index in [1.807, 2.05) is 54.6 Å². The fourth-order valence-corrected chi connectivity index (χ4v) is 4.40. The zero-order valence-corrected chi connectivity index (χ0v) is 22.2. The maximum absolute atomic E-state index is 12.5. The second-order valence-corrected chi connectivity index (χ2v) is 9.52. The van der Waals surface area contributed by atoms with E-state index in [0.717, 1.165) is 49.5 Å². The van der Waals surface area contributed by atoms with Gasteiger partial charge in [-0.25, -0.2) is 5.43 Å². The van der Waals surface area contributed by atoms with Crippen LogP contribution in [0.1, 0.15) is 27.0 Å². The molecule has 7 nitrogen and oxygen atoms in total. The molecular formula is C27H27BrClN3O4. The molecule has 1 amide bonds. The number of rotatable bonds is 9. The minimum Gasteiger partial charge on any atom is -0.493 e. The summed E-state index contributed by atoms with van der Waals surface area (Å²) in [6.07, 6.45) is 1.56. The Morgan fingerprint density at radius 3 is 2.50 bits per heavy atom. The quantitative estimate of drug-likeness (QED) is 0.279. The van der Waals surface area contributed by atoms with Crippen LogP contribution >= 0.6 is 27.5 Å². The Kier molecular flexibility index (Phi) is 9.35. The van der Waals surface area contributed by atoms with E-state index in [4.69, 9.17) is 25.8 Å². The molecule has 1 N–H and O–H groups in total. The van der Waals surface area contributed by atoms with Crippen molar-refractivity contribution < 1.29 is 19.0 Å². The highest BCUT2D eigenvalue weighted by atomic mass is 79.9. The van der Waals surface area contributed by atoms with Crippen LogP contribution in [0.25, 0.3) is 0 Å². The highest BCUT2D eigenvalue weighted by Gasteiger charge is 2.13. The van der Waals surface area contributed by atoms with Crippen molar-refractivity contribution in [3.8, 4) is 11.5 Å². The molecule has 9 heteroatoms. The van der Waals surface area contributed by atoms with E-state index in [9.17, 15) is 4.79 Å². The number of carbonyl (C=O) groups is 1. The van der Waals surface area contributed by atoms with E-state index in [1.165, 1.54) is 0 Å². The van der Waals surface area contributed by atoms with Crippen LogP contribution in [0.15, 0.2) is 70.2 Å². The van der Waals surface area contributed by atoms with E-state index in [1.54, 1.807) is 19.4 Å². The van der Waals surface area contributed by atoms with E-state index >= 15 is 0 Å². The molecule has 0 spiro atoms. The average molecular weight is 573 g/mol. The summed E-state index contributed by atoms with van der Waals surface area (Å²) in [4.78, 5) is 14.8. The second kappa shape index (κ2) is 12.9. The molecule has 0 unspecified atom stereocenters. The van der Waals surface area contributed by atoms with Crippen molar-refractivity contribution in [1.82, 2.24) is 10.3 Å². The first-order valence-corrected chi connectivity index (χ1v) is 12.7. The van der Waals surface area contributed by atoms with Gasteiger partial charge in [-0.3, -0.25) is 9.69 Å². The maximum atomic E-state index is 12.5. The highest BCUT2D eigenvalue weighted by Crippen LogP contribution is 2.37. The summed E-state index contributed by atoms with van der Waals surface area (Å²) in [6, 6.07) is 18.7. The number of amides is 1. The number of methoxy groups -OCH3 is 1. The molecule has 3 aromatic carbocycles. The van der Waals surface area contributed by atoms with Crippen LogP contribution in [0.2, 0.25) is 5.02 Å². The van der Waals surface area contributed by atoms with E-state index in [0.29, 0.717) is 33.2 Å². The molecule has 0 bridgehead atoms. The molecule has 1 fully saturated rings. The Labute approximate surface area is 224 Å². The van der Waals surface area contributed by atoms with Gasteiger partial charge in [0.1, 0.15) is 6.61 Å². The number of hydrogen-bond donors (Lipinski definition) is 1. The summed E-state index contributed by atoms with van der Waals surface area (Å²) >= 11 is 9.48. The van der Waals surface area contributed by atoms with E-state index < -0.39 is 0 Å². The third kappa shape index (κ3) is 7.30. The molecule has 3 aromatic rings. The van der Waals surface area contributed by atoms with Crippen molar-refractivity contribution in [2.24, 2.45) is 5.10 Å². The number of carbonyl (C=O) groups excluding carboxylic acids is 1. The van der Waals surface area contributed by atoms with Crippen LogP contribution in [0.3, 0.4) is 0 Å². The molecule has 1 aliphatic heterocycles. The van der Waals surface area contributed by atoms with Gasteiger partial charge in [0, 0.05) is 30.2 Å². The average Bonchev–Trinajstić information content (AvgIpc) is 2.89. The predicted octanol–water partition coefficient (Wildman–Crippen LogP) is 5.29. The summed E-state index contributed by atoms with van der Waals surface area (Å²) in [5.41, 5.74) is 6.00. The topological polar surface area (TPSA) is 72.4 Å². The van der Waals surface area contributed by atoms with Gasteiger partial charge in [0.15, 0.2) is 11.5 Å². The first-order chi connectivity index (χ1) is 17.5. The van der Waals surface area contributed by atoms with Crippen molar-refractivity contribution in [3.05, 3.63) is 92.4 Å². The van der Waals surface area contributed by atoms with Gasteiger partial charge in [0.05, 0.1) is 31.0 Å². The predicted molar refractivity (Wildman–Crippen MR) is 144 cm³/mol. The highest BCUT2D eigenvalue weighted by molar-refractivity contribution is 9.10. The normalized spacial score (nSPS) is 14.1. The lowest BCUT2D eigenvalue weighted by molar-refractivity contribution is 0.0342. The molecule has 0 radical (unpaired) electrons. The van der Waals surface area contributed by atoms with Gasteiger partial charge in [-0.05, 0) is 69.0 Å². The largest absolute Gasteiger partial charge is 0.493 e. The van der Waals surface area contributed by atoms with Crippen LogP contribution in [0.5, 0.6) is 11.5 Å². The van der Waals surface area contributed by atoms with Gasteiger partial charge < -0.3 is 14.2 Å². The molecule has 0 atom stereocenters. The van der Waals surface area contributed by atoms with Crippen molar-refractivity contribution in [3.63, 3.8) is 0 Å². The van der Waals surface area contributed by atoms with Gasteiger partial charge in [-0.2, -0.15) is 5.10 Å². The van der Waals surface area contributed by atoms with Gasteiger partial charge >= 0.3 is 0 Å². The number of morpholine rings is 1. The number of ether oxygens (including phenoxy) is 3. The molecule has 1 saturated heterocycles. The Hall–Kier alpha value is -2.91. The number of benzene rings is 3. The van der Waals surface area contributed by atoms with Crippen molar-refractivity contribution in [2.75, 3.05) is 33.4 Å². The summed E-state index contributed by atoms with van der Waals surface area (Å²) in [7, 11) is 1.57. The number of nitrogens with zero attached hydrogens (tertiary/aromatic N) is 2. The molecule has 0 saturated carbocycles.